The molecule has 9 heteroatoms. The van der Waals surface area contributed by atoms with Crippen molar-refractivity contribution in [3.05, 3.63) is 47.9 Å². The molecule has 4 rings (SSSR count). The van der Waals surface area contributed by atoms with Gasteiger partial charge in [0, 0.05) is 57.6 Å². The molecule has 2 aromatic rings. The van der Waals surface area contributed by atoms with Gasteiger partial charge >= 0.3 is 0 Å². The van der Waals surface area contributed by atoms with E-state index in [2.05, 4.69) is 38.3 Å². The Bertz CT molecular complexity index is 865. The zero-order valence-corrected chi connectivity index (χ0v) is 20.3. The fourth-order valence-corrected chi connectivity index (χ4v) is 4.11. The van der Waals surface area contributed by atoms with Gasteiger partial charge in [-0.05, 0) is 31.4 Å². The van der Waals surface area contributed by atoms with E-state index in [1.54, 1.807) is 6.26 Å². The molecule has 8 nitrogen and oxygen atoms in total. The number of hydrogen-bond acceptors (Lipinski definition) is 5. The van der Waals surface area contributed by atoms with E-state index in [0.717, 1.165) is 76.0 Å². The molecule has 0 aliphatic carbocycles. The lowest BCUT2D eigenvalue weighted by Gasteiger charge is -2.36. The van der Waals surface area contributed by atoms with E-state index >= 15 is 0 Å². The highest BCUT2D eigenvalue weighted by atomic mass is 127. The van der Waals surface area contributed by atoms with Gasteiger partial charge in [0.05, 0.1) is 5.69 Å². The number of piperazine rings is 1. The normalized spacial score (nSPS) is 17.1. The Balaban J connectivity index is 0.00000272. The number of aliphatic imine (C=N–C) groups is 1. The summed E-state index contributed by atoms with van der Waals surface area (Å²) in [5, 5.41) is 7.34. The molecule has 1 fully saturated rings. The van der Waals surface area contributed by atoms with Crippen LogP contribution in [0.1, 0.15) is 24.6 Å². The summed E-state index contributed by atoms with van der Waals surface area (Å²) in [4.78, 5) is 24.1. The van der Waals surface area contributed by atoms with E-state index in [1.165, 1.54) is 5.56 Å². The fraction of sp³-hybridized carbons (Fsp3) is 0.500. The molecule has 0 radical (unpaired) electrons. The lowest BCUT2D eigenvalue weighted by atomic mass is 10.0. The van der Waals surface area contributed by atoms with Gasteiger partial charge in [0.2, 0.25) is 5.91 Å². The maximum Gasteiger partial charge on any atom is 0.248 e. The number of benzene rings is 1. The Labute approximate surface area is 200 Å². The van der Waals surface area contributed by atoms with Crippen molar-refractivity contribution in [2.75, 3.05) is 50.7 Å². The minimum absolute atomic E-state index is 0. The van der Waals surface area contributed by atoms with Gasteiger partial charge in [-0.1, -0.05) is 23.4 Å². The molecule has 1 amide bonds. The number of aromatic nitrogens is 1. The predicted octanol–water partition coefficient (Wildman–Crippen LogP) is 2.36. The number of nitrogens with one attached hydrogen (secondary N) is 1. The predicted molar refractivity (Wildman–Crippen MR) is 132 cm³/mol. The van der Waals surface area contributed by atoms with Crippen LogP contribution < -0.4 is 10.2 Å². The number of rotatable bonds is 5. The van der Waals surface area contributed by atoms with Crippen LogP contribution in [0.5, 0.6) is 0 Å². The molecule has 1 N–H and O–H groups in total. The molecule has 0 atom stereocenters. The quantitative estimate of drug-likeness (QED) is 0.358. The first-order valence-corrected chi connectivity index (χ1v) is 10.8. The molecule has 168 valence electrons. The van der Waals surface area contributed by atoms with Crippen molar-refractivity contribution in [2.24, 2.45) is 4.99 Å². The minimum atomic E-state index is 0. The third kappa shape index (κ3) is 5.97. The smallest absolute Gasteiger partial charge is 0.248 e. The number of carbonyl (C=O) groups excluding carboxylic acids is 1. The number of nitrogens with zero attached hydrogens (tertiary/aromatic N) is 5. The largest absolute Gasteiger partial charge is 0.364 e. The monoisotopic (exact) mass is 538 g/mol. The average molecular weight is 538 g/mol. The summed E-state index contributed by atoms with van der Waals surface area (Å²) in [5.74, 6) is 0.874. The number of halogens is 1. The Morgan fingerprint density at radius 2 is 1.97 bits per heavy atom. The van der Waals surface area contributed by atoms with Crippen LogP contribution >= 0.6 is 24.0 Å². The van der Waals surface area contributed by atoms with Crippen LogP contribution in [-0.4, -0.2) is 72.6 Å². The van der Waals surface area contributed by atoms with Gasteiger partial charge in [-0.3, -0.25) is 9.69 Å². The number of amides is 1. The Morgan fingerprint density at radius 3 is 2.71 bits per heavy atom. The van der Waals surface area contributed by atoms with E-state index in [9.17, 15) is 4.79 Å². The van der Waals surface area contributed by atoms with Gasteiger partial charge in [0.15, 0.2) is 5.96 Å². The number of carbonyl (C=O) groups is 1. The lowest BCUT2D eigenvalue weighted by Crippen LogP contribution is -2.52. The molecule has 0 bridgehead atoms. The van der Waals surface area contributed by atoms with Crippen molar-refractivity contribution in [3.8, 4) is 0 Å². The van der Waals surface area contributed by atoms with Crippen molar-refractivity contribution in [3.63, 3.8) is 0 Å². The Kier molecular flexibility index (Phi) is 8.70. The van der Waals surface area contributed by atoms with Gasteiger partial charge in [0.25, 0.3) is 0 Å². The molecule has 1 aromatic carbocycles. The van der Waals surface area contributed by atoms with E-state index in [-0.39, 0.29) is 36.4 Å². The summed E-state index contributed by atoms with van der Waals surface area (Å²) in [6.45, 7) is 8.13. The topological polar surface area (TPSA) is 77.2 Å². The maximum atomic E-state index is 12.9. The van der Waals surface area contributed by atoms with Crippen LogP contribution in [0.2, 0.25) is 0 Å². The van der Waals surface area contributed by atoms with Crippen molar-refractivity contribution in [1.82, 2.24) is 20.3 Å². The van der Waals surface area contributed by atoms with E-state index in [4.69, 9.17) is 4.52 Å². The Hall–Kier alpha value is -2.14. The molecule has 1 saturated heterocycles. The zero-order chi connectivity index (χ0) is 20.8. The first kappa shape index (κ1) is 23.5. The van der Waals surface area contributed by atoms with Crippen molar-refractivity contribution >= 4 is 41.5 Å². The molecule has 31 heavy (non-hydrogen) atoms. The molecule has 0 spiro atoms. The highest BCUT2D eigenvalue weighted by molar-refractivity contribution is 14.0. The lowest BCUT2D eigenvalue weighted by molar-refractivity contribution is -0.117. The van der Waals surface area contributed by atoms with Crippen molar-refractivity contribution < 1.29 is 9.32 Å². The average Bonchev–Trinajstić information content (AvgIpc) is 3.30. The Morgan fingerprint density at radius 1 is 1.16 bits per heavy atom. The third-order valence-corrected chi connectivity index (χ3v) is 5.66. The van der Waals surface area contributed by atoms with Gasteiger partial charge < -0.3 is 19.6 Å². The molecule has 0 saturated carbocycles. The number of para-hydroxylation sites is 1. The number of hydrogen-bond donors (Lipinski definition) is 1. The SMILES string of the molecule is CCNC(=NCC(=O)N1CCCc2ccccc21)N1CCN(Cc2ccon2)CC1.I. The summed E-state index contributed by atoms with van der Waals surface area (Å²) < 4.78 is 4.92. The second-order valence-corrected chi connectivity index (χ2v) is 7.70. The second kappa shape index (κ2) is 11.5. The minimum Gasteiger partial charge on any atom is -0.364 e. The van der Waals surface area contributed by atoms with Gasteiger partial charge in [-0.2, -0.15) is 0 Å². The summed E-state index contributed by atoms with van der Waals surface area (Å²) >= 11 is 0. The fourth-order valence-electron chi connectivity index (χ4n) is 4.11. The second-order valence-electron chi connectivity index (χ2n) is 7.70. The zero-order valence-electron chi connectivity index (χ0n) is 18.0. The van der Waals surface area contributed by atoms with Crippen LogP contribution in [0.4, 0.5) is 5.69 Å². The highest BCUT2D eigenvalue weighted by Gasteiger charge is 2.23. The molecular weight excluding hydrogens is 507 g/mol. The van der Waals surface area contributed by atoms with Crippen molar-refractivity contribution in [2.45, 2.75) is 26.3 Å². The van der Waals surface area contributed by atoms with Crippen LogP contribution in [0.25, 0.3) is 0 Å². The molecular formula is C22H31IN6O2. The van der Waals surface area contributed by atoms with Gasteiger partial charge in [-0.15, -0.1) is 24.0 Å². The summed E-state index contributed by atoms with van der Waals surface area (Å²) in [6, 6.07) is 10.1. The van der Waals surface area contributed by atoms with E-state index in [0.29, 0.717) is 0 Å². The molecule has 3 heterocycles. The van der Waals surface area contributed by atoms with Crippen LogP contribution in [0.3, 0.4) is 0 Å². The highest BCUT2D eigenvalue weighted by Crippen LogP contribution is 2.26. The summed E-state index contributed by atoms with van der Waals surface area (Å²) in [5.41, 5.74) is 3.24. The number of aryl methyl sites for hydroxylation is 1. The van der Waals surface area contributed by atoms with Crippen LogP contribution in [0.15, 0.2) is 46.1 Å². The standard InChI is InChI=1S/C22H30N6O2.HI/c1-2-23-22(27-13-11-26(12-14-27)17-19-9-15-30-25-19)24-16-21(29)28-10-5-7-18-6-3-4-8-20(18)28;/h3-4,6,8-9,15H,2,5,7,10-14,16-17H2,1H3,(H,23,24);1H. The molecule has 0 unspecified atom stereocenters. The third-order valence-electron chi connectivity index (χ3n) is 5.66. The summed E-state index contributed by atoms with van der Waals surface area (Å²) in [7, 11) is 0. The van der Waals surface area contributed by atoms with Crippen LogP contribution in [0, 0.1) is 0 Å². The first-order chi connectivity index (χ1) is 14.7. The van der Waals surface area contributed by atoms with Crippen molar-refractivity contribution in [1.29, 1.82) is 0 Å². The van der Waals surface area contributed by atoms with E-state index < -0.39 is 0 Å². The number of anilines is 1. The molecule has 1 aromatic heterocycles. The number of fused-ring (bicyclic) bond motifs is 1. The van der Waals surface area contributed by atoms with Gasteiger partial charge in [0.1, 0.15) is 12.8 Å². The maximum absolute atomic E-state index is 12.9. The molecule has 2 aliphatic rings. The number of guanidine groups is 1. The van der Waals surface area contributed by atoms with E-state index in [1.807, 2.05) is 29.2 Å². The first-order valence-electron chi connectivity index (χ1n) is 10.8. The van der Waals surface area contributed by atoms with Gasteiger partial charge in [-0.25, -0.2) is 4.99 Å². The molecule has 2 aliphatic heterocycles. The van der Waals surface area contributed by atoms with Crippen LogP contribution in [-0.2, 0) is 17.8 Å². The summed E-state index contributed by atoms with van der Waals surface area (Å²) in [6.07, 6.45) is 3.64.